The molecule has 1 heterocycles. The zero-order chi connectivity index (χ0) is 21.2. The van der Waals surface area contributed by atoms with E-state index in [2.05, 4.69) is 0 Å². The molecular formula is C21H32O7. The van der Waals surface area contributed by atoms with Gasteiger partial charge < -0.3 is 18.9 Å². The molecule has 1 aliphatic carbocycles. The largest absolute Gasteiger partial charge is 0.462 e. The van der Waals surface area contributed by atoms with Crippen molar-refractivity contribution in [2.24, 2.45) is 11.8 Å². The first kappa shape index (κ1) is 22.4. The second-order valence-electron chi connectivity index (χ2n) is 8.35. The van der Waals surface area contributed by atoms with Crippen LogP contribution in [0.2, 0.25) is 0 Å². The highest BCUT2D eigenvalue weighted by molar-refractivity contribution is 5.67. The number of fused-ring (bicyclic) bond motifs is 1. The Labute approximate surface area is 166 Å². The summed E-state index contributed by atoms with van der Waals surface area (Å²) >= 11 is 0. The van der Waals surface area contributed by atoms with Gasteiger partial charge >= 0.3 is 17.9 Å². The van der Waals surface area contributed by atoms with Crippen molar-refractivity contribution in [1.82, 2.24) is 0 Å². The average molecular weight is 396 g/mol. The lowest BCUT2D eigenvalue weighted by Gasteiger charge is -2.36. The number of carbonyl (C=O) groups is 3. The molecule has 0 bridgehead atoms. The van der Waals surface area contributed by atoms with Gasteiger partial charge in [-0.05, 0) is 19.8 Å². The monoisotopic (exact) mass is 396 g/mol. The van der Waals surface area contributed by atoms with Gasteiger partial charge in [-0.1, -0.05) is 25.5 Å². The maximum Gasteiger partial charge on any atom is 0.303 e. The molecule has 1 aliphatic heterocycles. The summed E-state index contributed by atoms with van der Waals surface area (Å²) in [4.78, 5) is 35.2. The van der Waals surface area contributed by atoms with E-state index in [1.165, 1.54) is 20.8 Å². The van der Waals surface area contributed by atoms with Gasteiger partial charge in [0.1, 0.15) is 30.0 Å². The minimum atomic E-state index is -0.770. The summed E-state index contributed by atoms with van der Waals surface area (Å²) in [7, 11) is 0. The van der Waals surface area contributed by atoms with Crippen molar-refractivity contribution in [3.63, 3.8) is 0 Å². The summed E-state index contributed by atoms with van der Waals surface area (Å²) in [6.45, 7) is 11.9. The Morgan fingerprint density at radius 2 is 1.64 bits per heavy atom. The summed E-state index contributed by atoms with van der Waals surface area (Å²) in [5.74, 6) is -1.39. The molecule has 6 atom stereocenters. The number of esters is 3. The van der Waals surface area contributed by atoms with Gasteiger partial charge in [-0.15, -0.1) is 0 Å². The lowest BCUT2D eigenvalue weighted by Crippen LogP contribution is -2.47. The molecule has 0 aromatic carbocycles. The number of hydrogen-bond acceptors (Lipinski definition) is 7. The van der Waals surface area contributed by atoms with Crippen molar-refractivity contribution in [3.05, 3.63) is 11.6 Å². The fourth-order valence-corrected chi connectivity index (χ4v) is 4.22. The van der Waals surface area contributed by atoms with Crippen LogP contribution in [0, 0.1) is 11.8 Å². The number of ether oxygens (including phenoxy) is 4. The highest BCUT2D eigenvalue weighted by Crippen LogP contribution is 2.49. The lowest BCUT2D eigenvalue weighted by atomic mass is 9.77. The standard InChI is InChI=1S/C21H32O7/c1-11(2)18-16(25-13(4)22)10-12(3)8-9-17(26-14(5)23)21(7)20(28-21)19(18)27-15(6)24/h8,11,16-20H,9-10H2,1-7H3/b12-8+/t16-,17-,18+,19+,20-,21-/m0/s1. The highest BCUT2D eigenvalue weighted by atomic mass is 16.7. The molecular weight excluding hydrogens is 364 g/mol. The normalized spacial score (nSPS) is 37.1. The Balaban J connectivity index is 2.49. The SMILES string of the molecule is CC(=O)O[C@@H]1[C@H](C(C)C)[C@@H](OC(C)=O)C/C(C)=C/C[C@H](OC(C)=O)[C@]2(C)O[C@@H]12. The minimum Gasteiger partial charge on any atom is -0.462 e. The van der Waals surface area contributed by atoms with Crippen molar-refractivity contribution >= 4 is 17.9 Å². The fourth-order valence-electron chi connectivity index (χ4n) is 4.22. The molecule has 0 radical (unpaired) electrons. The first-order chi connectivity index (χ1) is 13.0. The average Bonchev–Trinajstić information content (AvgIpc) is 3.21. The third kappa shape index (κ3) is 5.13. The maximum absolute atomic E-state index is 11.9. The van der Waals surface area contributed by atoms with Crippen LogP contribution < -0.4 is 0 Å². The van der Waals surface area contributed by atoms with Crippen LogP contribution >= 0.6 is 0 Å². The summed E-state index contributed by atoms with van der Waals surface area (Å²) in [5.41, 5.74) is 0.242. The van der Waals surface area contributed by atoms with E-state index < -0.39 is 36.0 Å². The van der Waals surface area contributed by atoms with Gasteiger partial charge in [0, 0.05) is 39.5 Å². The van der Waals surface area contributed by atoms with E-state index in [4.69, 9.17) is 18.9 Å². The van der Waals surface area contributed by atoms with Crippen molar-refractivity contribution < 1.29 is 33.3 Å². The zero-order valence-corrected chi connectivity index (χ0v) is 17.8. The van der Waals surface area contributed by atoms with Crippen LogP contribution in [0.5, 0.6) is 0 Å². The highest BCUT2D eigenvalue weighted by Gasteiger charge is 2.65. The summed E-state index contributed by atoms with van der Waals surface area (Å²) in [6.07, 6.45) is 0.991. The van der Waals surface area contributed by atoms with Crippen LogP contribution in [0.3, 0.4) is 0 Å². The molecule has 0 saturated carbocycles. The van der Waals surface area contributed by atoms with Gasteiger partial charge in [0.25, 0.3) is 0 Å². The second kappa shape index (κ2) is 8.64. The summed E-state index contributed by atoms with van der Waals surface area (Å²) in [6, 6.07) is 0. The van der Waals surface area contributed by atoms with Gasteiger partial charge in [0.15, 0.2) is 0 Å². The Hall–Kier alpha value is -1.89. The van der Waals surface area contributed by atoms with Gasteiger partial charge in [0.2, 0.25) is 0 Å². The molecule has 158 valence electrons. The van der Waals surface area contributed by atoms with Crippen LogP contribution in [-0.4, -0.2) is 47.9 Å². The number of rotatable bonds is 4. The topological polar surface area (TPSA) is 91.4 Å². The molecule has 2 rings (SSSR count). The van der Waals surface area contributed by atoms with Crippen LogP contribution in [0.4, 0.5) is 0 Å². The first-order valence-electron chi connectivity index (χ1n) is 9.80. The summed E-state index contributed by atoms with van der Waals surface area (Å²) in [5, 5.41) is 0. The lowest BCUT2D eigenvalue weighted by molar-refractivity contribution is -0.163. The zero-order valence-electron chi connectivity index (χ0n) is 17.8. The van der Waals surface area contributed by atoms with Crippen LogP contribution in [0.15, 0.2) is 11.6 Å². The molecule has 0 unspecified atom stereocenters. The molecule has 0 aromatic heterocycles. The number of carbonyl (C=O) groups excluding carboxylic acids is 3. The fraction of sp³-hybridized carbons (Fsp3) is 0.762. The molecule has 2 aliphatic rings. The van der Waals surface area contributed by atoms with Crippen molar-refractivity contribution in [2.45, 2.75) is 91.3 Å². The molecule has 1 fully saturated rings. The van der Waals surface area contributed by atoms with Gasteiger partial charge in [-0.3, -0.25) is 14.4 Å². The van der Waals surface area contributed by atoms with Crippen molar-refractivity contribution in [2.75, 3.05) is 0 Å². The molecule has 1 saturated heterocycles. The van der Waals surface area contributed by atoms with Crippen molar-refractivity contribution in [3.8, 4) is 0 Å². The van der Waals surface area contributed by atoms with Crippen molar-refractivity contribution in [1.29, 1.82) is 0 Å². The van der Waals surface area contributed by atoms with Gasteiger partial charge in [-0.2, -0.15) is 0 Å². The molecule has 0 spiro atoms. The number of hydrogen-bond donors (Lipinski definition) is 0. The Bertz CT molecular complexity index is 653. The van der Waals surface area contributed by atoms with Gasteiger partial charge in [0.05, 0.1) is 0 Å². The Morgan fingerprint density at radius 3 is 2.14 bits per heavy atom. The van der Waals surface area contributed by atoms with E-state index in [0.29, 0.717) is 12.8 Å². The molecule has 0 amide bonds. The van der Waals surface area contributed by atoms with E-state index in [1.54, 1.807) is 0 Å². The maximum atomic E-state index is 11.9. The van der Waals surface area contributed by atoms with Gasteiger partial charge in [-0.25, -0.2) is 0 Å². The van der Waals surface area contributed by atoms with E-state index in [-0.39, 0.29) is 23.8 Å². The molecule has 7 nitrogen and oxygen atoms in total. The Kier molecular flexibility index (Phi) is 6.91. The van der Waals surface area contributed by atoms with E-state index in [9.17, 15) is 14.4 Å². The smallest absolute Gasteiger partial charge is 0.303 e. The molecule has 0 aromatic rings. The van der Waals surface area contributed by atoms with E-state index >= 15 is 0 Å². The molecule has 7 heteroatoms. The molecule has 0 N–H and O–H groups in total. The third-order valence-electron chi connectivity index (χ3n) is 5.54. The predicted molar refractivity (Wildman–Crippen MR) is 101 cm³/mol. The number of epoxide rings is 1. The van der Waals surface area contributed by atoms with E-state index in [1.807, 2.05) is 33.8 Å². The second-order valence-corrected chi connectivity index (χ2v) is 8.35. The van der Waals surface area contributed by atoms with E-state index in [0.717, 1.165) is 5.57 Å². The van der Waals surface area contributed by atoms with Crippen LogP contribution in [-0.2, 0) is 33.3 Å². The third-order valence-corrected chi connectivity index (χ3v) is 5.54. The Morgan fingerprint density at radius 1 is 1.07 bits per heavy atom. The van der Waals surface area contributed by atoms with Crippen LogP contribution in [0.25, 0.3) is 0 Å². The predicted octanol–water partition coefficient (Wildman–Crippen LogP) is 2.95. The molecule has 28 heavy (non-hydrogen) atoms. The minimum absolute atomic E-state index is 0.0570. The quantitative estimate of drug-likeness (QED) is 0.312. The first-order valence-corrected chi connectivity index (χ1v) is 9.80. The summed E-state index contributed by atoms with van der Waals surface area (Å²) < 4.78 is 22.9. The van der Waals surface area contributed by atoms with Crippen LogP contribution in [0.1, 0.15) is 61.3 Å².